The number of likely N-dealkylation sites (tertiary alicyclic amines) is 1. The first-order valence-electron chi connectivity index (χ1n) is 7.77. The van der Waals surface area contributed by atoms with Crippen LogP contribution in [0, 0.1) is 13.8 Å². The molecule has 1 saturated heterocycles. The molecule has 1 fully saturated rings. The number of amides is 1. The van der Waals surface area contributed by atoms with Gasteiger partial charge in [-0.3, -0.25) is 14.4 Å². The van der Waals surface area contributed by atoms with Crippen LogP contribution in [0.3, 0.4) is 0 Å². The van der Waals surface area contributed by atoms with E-state index in [1.165, 1.54) is 12.8 Å². The molecule has 1 aliphatic heterocycles. The van der Waals surface area contributed by atoms with Gasteiger partial charge in [-0.15, -0.1) is 24.8 Å². The number of nitrogens with one attached hydrogen (secondary N) is 1. The van der Waals surface area contributed by atoms with Crippen molar-refractivity contribution in [2.75, 3.05) is 25.0 Å². The summed E-state index contributed by atoms with van der Waals surface area (Å²) in [6.45, 7) is 6.00. The number of hydrogen-bond acceptors (Lipinski definition) is 4. The van der Waals surface area contributed by atoms with Crippen molar-refractivity contribution in [3.8, 4) is 0 Å². The Morgan fingerprint density at radius 1 is 1.35 bits per heavy atom. The summed E-state index contributed by atoms with van der Waals surface area (Å²) >= 11 is 0. The van der Waals surface area contributed by atoms with Gasteiger partial charge in [-0.25, -0.2) is 0 Å². The molecule has 2 rings (SSSR count). The van der Waals surface area contributed by atoms with E-state index >= 15 is 0 Å². The molecule has 3 N–H and O–H groups in total. The minimum absolute atomic E-state index is 0. The fraction of sp³-hybridized carbons (Fsp3) is 0.733. The predicted molar refractivity (Wildman–Crippen MR) is 98.7 cm³/mol. The van der Waals surface area contributed by atoms with Crippen molar-refractivity contribution >= 4 is 36.4 Å². The van der Waals surface area contributed by atoms with Crippen molar-refractivity contribution in [3.05, 3.63) is 11.4 Å². The van der Waals surface area contributed by atoms with Gasteiger partial charge in [0.2, 0.25) is 5.91 Å². The second-order valence-corrected chi connectivity index (χ2v) is 5.92. The number of carbonyl (C=O) groups is 1. The maximum absolute atomic E-state index is 12.3. The number of anilines is 1. The van der Waals surface area contributed by atoms with E-state index in [9.17, 15) is 4.79 Å². The summed E-state index contributed by atoms with van der Waals surface area (Å²) in [5.41, 5.74) is 8.37. The summed E-state index contributed by atoms with van der Waals surface area (Å²) in [6, 6.07) is 0.450. The molecule has 23 heavy (non-hydrogen) atoms. The maximum atomic E-state index is 12.3. The van der Waals surface area contributed by atoms with Gasteiger partial charge < -0.3 is 11.1 Å². The summed E-state index contributed by atoms with van der Waals surface area (Å²) < 4.78 is 1.79. The lowest BCUT2D eigenvalue weighted by Crippen LogP contribution is -2.44. The van der Waals surface area contributed by atoms with Crippen LogP contribution in [0.15, 0.2) is 0 Å². The van der Waals surface area contributed by atoms with Crippen LogP contribution in [0.4, 0.5) is 5.69 Å². The van der Waals surface area contributed by atoms with Crippen LogP contribution in [0.25, 0.3) is 0 Å². The zero-order chi connectivity index (χ0) is 15.4. The van der Waals surface area contributed by atoms with Crippen LogP contribution in [0.2, 0.25) is 0 Å². The molecule has 134 valence electrons. The Morgan fingerprint density at radius 3 is 2.61 bits per heavy atom. The second-order valence-electron chi connectivity index (χ2n) is 5.92. The lowest BCUT2D eigenvalue weighted by Gasteiger charge is -2.35. The number of halogens is 2. The van der Waals surface area contributed by atoms with Crippen LogP contribution in [0.1, 0.15) is 37.1 Å². The summed E-state index contributed by atoms with van der Waals surface area (Å²) in [6.07, 6.45) is 4.52. The average Bonchev–Trinajstić information content (AvgIpc) is 2.68. The van der Waals surface area contributed by atoms with Gasteiger partial charge in [-0.05, 0) is 46.2 Å². The summed E-state index contributed by atoms with van der Waals surface area (Å²) in [4.78, 5) is 14.6. The number of nitrogens with two attached hydrogens (primary N) is 1. The quantitative estimate of drug-likeness (QED) is 0.836. The number of piperidine rings is 1. The Hall–Kier alpha value is -0.820. The van der Waals surface area contributed by atoms with Crippen LogP contribution in [-0.2, 0) is 11.8 Å². The lowest BCUT2D eigenvalue weighted by molar-refractivity contribution is -0.118. The predicted octanol–water partition coefficient (Wildman–Crippen LogP) is 2.02. The third kappa shape index (κ3) is 5.64. The van der Waals surface area contributed by atoms with Gasteiger partial charge in [-0.1, -0.05) is 6.42 Å². The molecule has 0 aliphatic carbocycles. The lowest BCUT2D eigenvalue weighted by atomic mass is 9.99. The van der Waals surface area contributed by atoms with Gasteiger partial charge in [0.25, 0.3) is 0 Å². The summed E-state index contributed by atoms with van der Waals surface area (Å²) in [5, 5.41) is 7.34. The van der Waals surface area contributed by atoms with Gasteiger partial charge in [0.05, 0.1) is 23.6 Å². The van der Waals surface area contributed by atoms with Crippen LogP contribution in [0.5, 0.6) is 0 Å². The van der Waals surface area contributed by atoms with Crippen molar-refractivity contribution < 1.29 is 4.79 Å². The zero-order valence-corrected chi connectivity index (χ0v) is 15.8. The Bertz CT molecular complexity index is 504. The smallest absolute Gasteiger partial charge is 0.238 e. The fourth-order valence-corrected chi connectivity index (χ4v) is 3.11. The van der Waals surface area contributed by atoms with E-state index in [0.717, 1.165) is 36.5 Å². The first kappa shape index (κ1) is 22.2. The first-order chi connectivity index (χ1) is 10.0. The van der Waals surface area contributed by atoms with Gasteiger partial charge in [-0.2, -0.15) is 5.10 Å². The first-order valence-corrected chi connectivity index (χ1v) is 7.77. The highest BCUT2D eigenvalue weighted by atomic mass is 35.5. The van der Waals surface area contributed by atoms with E-state index in [1.54, 1.807) is 4.68 Å². The maximum Gasteiger partial charge on any atom is 0.238 e. The minimum atomic E-state index is 0. The number of nitrogens with zero attached hydrogens (tertiary/aromatic N) is 3. The van der Waals surface area contributed by atoms with Crippen LogP contribution in [-0.4, -0.2) is 46.3 Å². The molecule has 1 aliphatic rings. The van der Waals surface area contributed by atoms with E-state index in [1.807, 2.05) is 20.9 Å². The number of hydrogen-bond donors (Lipinski definition) is 2. The third-order valence-electron chi connectivity index (χ3n) is 4.37. The molecule has 2 heterocycles. The topological polar surface area (TPSA) is 76.2 Å². The van der Waals surface area contributed by atoms with Crippen molar-refractivity contribution in [2.45, 2.75) is 45.6 Å². The highest BCUT2D eigenvalue weighted by Crippen LogP contribution is 2.21. The minimum Gasteiger partial charge on any atom is -0.330 e. The Balaban J connectivity index is 0.00000242. The second kappa shape index (κ2) is 10.1. The van der Waals surface area contributed by atoms with Crippen molar-refractivity contribution in [2.24, 2.45) is 12.8 Å². The molecule has 1 aromatic heterocycles. The largest absolute Gasteiger partial charge is 0.330 e. The highest BCUT2D eigenvalue weighted by Gasteiger charge is 2.24. The molecular formula is C15H29Cl2N5O. The molecule has 0 saturated carbocycles. The van der Waals surface area contributed by atoms with Crippen molar-refractivity contribution in [3.63, 3.8) is 0 Å². The van der Waals surface area contributed by atoms with Crippen LogP contribution >= 0.6 is 24.8 Å². The SMILES string of the molecule is Cc1nn(C)c(C)c1NC(=O)CN1CCCCC1CCN.Cl.Cl. The van der Waals surface area contributed by atoms with E-state index in [-0.39, 0.29) is 30.7 Å². The molecule has 1 unspecified atom stereocenters. The van der Waals surface area contributed by atoms with Gasteiger partial charge >= 0.3 is 0 Å². The molecule has 0 radical (unpaired) electrons. The van der Waals surface area contributed by atoms with E-state index in [0.29, 0.717) is 19.1 Å². The van der Waals surface area contributed by atoms with Crippen molar-refractivity contribution in [1.29, 1.82) is 0 Å². The molecule has 0 spiro atoms. The average molecular weight is 366 g/mol. The summed E-state index contributed by atoms with van der Waals surface area (Å²) in [7, 11) is 1.89. The monoisotopic (exact) mass is 365 g/mol. The van der Waals surface area contributed by atoms with E-state index in [4.69, 9.17) is 5.73 Å². The number of aryl methyl sites for hydroxylation is 2. The molecule has 0 aromatic carbocycles. The molecule has 8 heteroatoms. The Morgan fingerprint density at radius 2 is 2.04 bits per heavy atom. The molecular weight excluding hydrogens is 337 g/mol. The molecule has 1 atom stereocenters. The normalized spacial score (nSPS) is 18.0. The molecule has 1 amide bonds. The van der Waals surface area contributed by atoms with Gasteiger partial charge in [0, 0.05) is 13.1 Å². The molecule has 0 bridgehead atoms. The number of rotatable bonds is 5. The van der Waals surface area contributed by atoms with E-state index < -0.39 is 0 Å². The fourth-order valence-electron chi connectivity index (χ4n) is 3.11. The van der Waals surface area contributed by atoms with E-state index in [2.05, 4.69) is 15.3 Å². The highest BCUT2D eigenvalue weighted by molar-refractivity contribution is 5.93. The standard InChI is InChI=1S/C15H27N5O.2ClH/c1-11-15(12(2)19(3)18-11)17-14(21)10-20-9-5-4-6-13(20)7-8-16;;/h13H,4-10,16H2,1-3H3,(H,17,21);2*1H. The van der Waals surface area contributed by atoms with Crippen molar-refractivity contribution in [1.82, 2.24) is 14.7 Å². The Kier molecular flexibility index (Phi) is 9.77. The van der Waals surface area contributed by atoms with Gasteiger partial charge in [0.15, 0.2) is 0 Å². The van der Waals surface area contributed by atoms with Crippen LogP contribution < -0.4 is 11.1 Å². The summed E-state index contributed by atoms with van der Waals surface area (Å²) in [5.74, 6) is 0.0399. The zero-order valence-electron chi connectivity index (χ0n) is 14.2. The number of carbonyl (C=O) groups excluding carboxylic acids is 1. The Labute approximate surface area is 151 Å². The molecule has 1 aromatic rings. The number of aromatic nitrogens is 2. The molecule has 6 nitrogen and oxygen atoms in total. The van der Waals surface area contributed by atoms with Gasteiger partial charge in [0.1, 0.15) is 0 Å². The third-order valence-corrected chi connectivity index (χ3v) is 4.37.